The van der Waals surface area contributed by atoms with Crippen LogP contribution >= 0.6 is 0 Å². The number of hydrogen-bond donors (Lipinski definition) is 0. The first-order valence-corrected chi connectivity index (χ1v) is 16.3. The lowest BCUT2D eigenvalue weighted by atomic mass is 9.82. The Kier molecular flexibility index (Phi) is 5.64. The molecule has 0 aliphatic heterocycles. The fourth-order valence-electron chi connectivity index (χ4n) is 8.06. The van der Waals surface area contributed by atoms with Gasteiger partial charge in [-0.2, -0.15) is 0 Å². The summed E-state index contributed by atoms with van der Waals surface area (Å²) >= 11 is 0. The lowest BCUT2D eigenvalue weighted by Crippen LogP contribution is -2.13. The van der Waals surface area contributed by atoms with Gasteiger partial charge >= 0.3 is 0 Å². The minimum absolute atomic E-state index is 1.13. The fraction of sp³-hybridized carbons (Fsp3) is 0. The molecule has 218 valence electrons. The van der Waals surface area contributed by atoms with E-state index in [9.17, 15) is 0 Å². The zero-order chi connectivity index (χ0) is 30.9. The summed E-state index contributed by atoms with van der Waals surface area (Å²) in [7, 11) is 0. The van der Waals surface area contributed by atoms with Crippen LogP contribution in [-0.4, -0.2) is 0 Å². The van der Waals surface area contributed by atoms with E-state index in [-0.39, 0.29) is 0 Å². The van der Waals surface area contributed by atoms with E-state index in [2.05, 4.69) is 181 Å². The van der Waals surface area contributed by atoms with Crippen molar-refractivity contribution in [3.63, 3.8) is 0 Å². The molecule has 2 aliphatic rings. The summed E-state index contributed by atoms with van der Waals surface area (Å²) in [6, 6.07) is 64.6. The molecule has 0 spiro atoms. The number of anilines is 3. The summed E-state index contributed by atoms with van der Waals surface area (Å²) in [6.45, 7) is 0. The average Bonchev–Trinajstić information content (AvgIpc) is 3.25. The number of rotatable bonds is 4. The number of benzene rings is 8. The monoisotopic (exact) mass is 595 g/mol. The van der Waals surface area contributed by atoms with Crippen molar-refractivity contribution in [3.8, 4) is 66.8 Å². The van der Waals surface area contributed by atoms with Crippen molar-refractivity contribution < 1.29 is 0 Å². The van der Waals surface area contributed by atoms with E-state index in [1.165, 1.54) is 83.2 Å². The van der Waals surface area contributed by atoms with Crippen LogP contribution < -0.4 is 4.90 Å². The van der Waals surface area contributed by atoms with Crippen molar-refractivity contribution in [2.45, 2.75) is 0 Å². The van der Waals surface area contributed by atoms with Crippen molar-refractivity contribution in [2.24, 2.45) is 0 Å². The van der Waals surface area contributed by atoms with Gasteiger partial charge in [-0.15, -0.1) is 0 Å². The lowest BCUT2D eigenvalue weighted by Gasteiger charge is -2.32. The quantitative estimate of drug-likeness (QED) is 0.196. The number of fused-ring (bicyclic) bond motifs is 5. The van der Waals surface area contributed by atoms with Crippen LogP contribution in [0.25, 0.3) is 77.5 Å². The van der Waals surface area contributed by atoms with E-state index in [1.54, 1.807) is 0 Å². The number of hydrogen-bond acceptors (Lipinski definition) is 1. The number of nitrogens with zero attached hydrogens (tertiary/aromatic N) is 1. The molecular weight excluding hydrogens is 567 g/mol. The Morgan fingerprint density at radius 1 is 0.255 bits per heavy atom. The van der Waals surface area contributed by atoms with Gasteiger partial charge in [0.1, 0.15) is 0 Å². The van der Waals surface area contributed by atoms with Gasteiger partial charge in [0, 0.05) is 16.8 Å². The van der Waals surface area contributed by atoms with Crippen LogP contribution in [0.1, 0.15) is 0 Å². The molecule has 47 heavy (non-hydrogen) atoms. The fourth-order valence-corrected chi connectivity index (χ4v) is 8.06. The van der Waals surface area contributed by atoms with Crippen LogP contribution in [0.5, 0.6) is 0 Å². The van der Waals surface area contributed by atoms with Crippen LogP contribution in [0.4, 0.5) is 17.1 Å². The molecule has 6 bridgehead atoms. The van der Waals surface area contributed by atoms with E-state index >= 15 is 0 Å². The van der Waals surface area contributed by atoms with Crippen LogP contribution in [0.3, 0.4) is 0 Å². The van der Waals surface area contributed by atoms with Crippen molar-refractivity contribution in [2.75, 3.05) is 4.90 Å². The molecule has 0 amide bonds. The molecule has 0 N–H and O–H groups in total. The SMILES string of the molecule is c1ccc(N(c2ccccc2-c2cccc3ccccc23)c2cccc3c2-c2cccc4c2-c2ccccc2-c2cccc-4c2-3)cc1. The lowest BCUT2D eigenvalue weighted by molar-refractivity contribution is 1.28. The Morgan fingerprint density at radius 2 is 0.723 bits per heavy atom. The zero-order valence-corrected chi connectivity index (χ0v) is 25.7. The second-order valence-electron chi connectivity index (χ2n) is 12.4. The third kappa shape index (κ3) is 3.78. The Hall–Kier alpha value is -6.18. The largest absolute Gasteiger partial charge is 0.309 e. The second-order valence-corrected chi connectivity index (χ2v) is 12.4. The van der Waals surface area contributed by atoms with Gasteiger partial charge in [-0.1, -0.05) is 152 Å². The van der Waals surface area contributed by atoms with Gasteiger partial charge in [-0.3, -0.25) is 0 Å². The normalized spacial score (nSPS) is 11.8. The van der Waals surface area contributed by atoms with Crippen LogP contribution in [0, 0.1) is 0 Å². The third-order valence-corrected chi connectivity index (χ3v) is 9.97. The van der Waals surface area contributed by atoms with Crippen molar-refractivity contribution in [1.82, 2.24) is 0 Å². The molecule has 8 aromatic carbocycles. The second kappa shape index (κ2) is 10.2. The summed E-state index contributed by atoms with van der Waals surface area (Å²) < 4.78 is 0. The van der Waals surface area contributed by atoms with E-state index in [1.807, 2.05) is 0 Å². The predicted molar refractivity (Wildman–Crippen MR) is 198 cm³/mol. The first-order valence-electron chi connectivity index (χ1n) is 16.3. The van der Waals surface area contributed by atoms with E-state index < -0.39 is 0 Å². The number of para-hydroxylation sites is 2. The summed E-state index contributed by atoms with van der Waals surface area (Å²) in [5.41, 5.74) is 18.8. The maximum Gasteiger partial charge on any atom is 0.0546 e. The third-order valence-electron chi connectivity index (χ3n) is 9.97. The smallest absolute Gasteiger partial charge is 0.0546 e. The predicted octanol–water partition coefficient (Wildman–Crippen LogP) is 12.9. The van der Waals surface area contributed by atoms with Gasteiger partial charge in [-0.25, -0.2) is 0 Å². The summed E-state index contributed by atoms with van der Waals surface area (Å²) in [5.74, 6) is 0. The summed E-state index contributed by atoms with van der Waals surface area (Å²) in [5, 5.41) is 2.49. The Bertz CT molecular complexity index is 2490. The minimum atomic E-state index is 1.13. The molecule has 8 aromatic rings. The van der Waals surface area contributed by atoms with Crippen molar-refractivity contribution in [3.05, 3.63) is 176 Å². The molecule has 1 heteroatoms. The Morgan fingerprint density at radius 3 is 1.53 bits per heavy atom. The van der Waals surface area contributed by atoms with Gasteiger partial charge in [0.25, 0.3) is 0 Å². The van der Waals surface area contributed by atoms with Gasteiger partial charge in [0.15, 0.2) is 0 Å². The molecule has 0 saturated heterocycles. The highest BCUT2D eigenvalue weighted by Crippen LogP contribution is 2.59. The van der Waals surface area contributed by atoms with E-state index in [0.29, 0.717) is 0 Å². The van der Waals surface area contributed by atoms with Crippen LogP contribution in [0.15, 0.2) is 176 Å². The maximum atomic E-state index is 2.48. The van der Waals surface area contributed by atoms with Gasteiger partial charge in [0.05, 0.1) is 11.4 Å². The molecule has 0 saturated carbocycles. The Balaban J connectivity index is 1.33. The topological polar surface area (TPSA) is 3.24 Å². The Labute approximate surface area is 274 Å². The van der Waals surface area contributed by atoms with Gasteiger partial charge in [0.2, 0.25) is 0 Å². The molecule has 2 aliphatic carbocycles. The summed E-state index contributed by atoms with van der Waals surface area (Å²) in [6.07, 6.45) is 0. The molecule has 1 nitrogen and oxygen atoms in total. The van der Waals surface area contributed by atoms with Crippen LogP contribution in [0.2, 0.25) is 0 Å². The van der Waals surface area contributed by atoms with Crippen molar-refractivity contribution >= 4 is 27.8 Å². The molecule has 0 aromatic heterocycles. The highest BCUT2D eigenvalue weighted by Gasteiger charge is 2.33. The standard InChI is InChI=1S/C46H29N/c1-2-16-31(17-3-1)47(42-28-9-8-20-35(42)33-22-10-15-30-14-4-5-18-32(30)33)43-29-13-27-41-45-37-23-11-24-38(45)39-25-12-26-40(46(41)43)44(39)36-21-7-6-19-34(36)37/h1-29H. The molecule has 0 heterocycles. The molecule has 0 atom stereocenters. The van der Waals surface area contributed by atoms with E-state index in [0.717, 1.165) is 11.4 Å². The van der Waals surface area contributed by atoms with Gasteiger partial charge < -0.3 is 4.90 Å². The molecule has 0 fully saturated rings. The van der Waals surface area contributed by atoms with Gasteiger partial charge in [-0.05, 0) is 90.7 Å². The first-order chi connectivity index (χ1) is 23.4. The molecular formula is C46H29N. The molecule has 0 unspecified atom stereocenters. The van der Waals surface area contributed by atoms with E-state index in [4.69, 9.17) is 0 Å². The highest BCUT2D eigenvalue weighted by atomic mass is 15.1. The minimum Gasteiger partial charge on any atom is -0.309 e. The zero-order valence-electron chi connectivity index (χ0n) is 25.7. The average molecular weight is 596 g/mol. The first kappa shape index (κ1) is 26.1. The highest BCUT2D eigenvalue weighted by molar-refractivity contribution is 6.17. The summed E-state index contributed by atoms with van der Waals surface area (Å²) in [4.78, 5) is 2.48. The molecule has 10 rings (SSSR count). The maximum absolute atomic E-state index is 2.48. The molecule has 0 radical (unpaired) electrons. The van der Waals surface area contributed by atoms with Crippen molar-refractivity contribution in [1.29, 1.82) is 0 Å². The van der Waals surface area contributed by atoms with Crippen LogP contribution in [-0.2, 0) is 0 Å².